The third kappa shape index (κ3) is 8.46. The summed E-state index contributed by atoms with van der Waals surface area (Å²) in [6.45, 7) is 14.1. The van der Waals surface area contributed by atoms with Gasteiger partial charge in [0.15, 0.2) is 0 Å². The molecular formula is C35H64N4O6. The molecule has 260 valence electrons. The third-order valence-electron chi connectivity index (χ3n) is 12.2. The van der Waals surface area contributed by atoms with Crippen molar-refractivity contribution in [2.24, 2.45) is 45.0 Å². The van der Waals surface area contributed by atoms with Crippen molar-refractivity contribution in [3.63, 3.8) is 0 Å². The van der Waals surface area contributed by atoms with Gasteiger partial charge in [-0.1, -0.05) is 41.5 Å². The lowest BCUT2D eigenvalue weighted by atomic mass is 9.62. The van der Waals surface area contributed by atoms with E-state index in [0.29, 0.717) is 51.6 Å². The van der Waals surface area contributed by atoms with Crippen molar-refractivity contribution < 1.29 is 30.0 Å². The predicted octanol–water partition coefficient (Wildman–Crippen LogP) is 5.48. The molecule has 0 aromatic rings. The molecule has 45 heavy (non-hydrogen) atoms. The number of nitrogens with two attached hydrogens (primary N) is 2. The molecule has 0 bridgehead atoms. The van der Waals surface area contributed by atoms with Gasteiger partial charge in [0.1, 0.15) is 0 Å². The third-order valence-corrected chi connectivity index (χ3v) is 12.2. The molecule has 0 aromatic carbocycles. The second-order valence-electron chi connectivity index (χ2n) is 18.1. The molecule has 10 heteroatoms. The van der Waals surface area contributed by atoms with Gasteiger partial charge in [0.05, 0.1) is 24.3 Å². The number of rotatable bonds is 8. The van der Waals surface area contributed by atoms with Crippen LogP contribution in [0.15, 0.2) is 0 Å². The summed E-state index contributed by atoms with van der Waals surface area (Å²) in [5.41, 5.74) is 12.0. The minimum Gasteiger partial charge on any atom is -0.465 e. The van der Waals surface area contributed by atoms with Gasteiger partial charge in [0.25, 0.3) is 0 Å². The van der Waals surface area contributed by atoms with E-state index in [9.17, 15) is 30.0 Å². The lowest BCUT2D eigenvalue weighted by molar-refractivity contribution is -0.0544. The van der Waals surface area contributed by atoms with Gasteiger partial charge in [-0.2, -0.15) is 0 Å². The lowest BCUT2D eigenvalue weighted by Crippen LogP contribution is -2.58. The zero-order valence-electron chi connectivity index (χ0n) is 28.9. The van der Waals surface area contributed by atoms with E-state index in [1.54, 1.807) is 9.80 Å². The Balaban J connectivity index is 1.49. The highest BCUT2D eigenvalue weighted by atomic mass is 16.4. The maximum absolute atomic E-state index is 12.8. The maximum Gasteiger partial charge on any atom is 0.407 e. The summed E-state index contributed by atoms with van der Waals surface area (Å²) in [5.74, 6) is 0.456. The summed E-state index contributed by atoms with van der Waals surface area (Å²) in [7, 11) is 0. The topological polar surface area (TPSA) is 174 Å². The Morgan fingerprint density at radius 2 is 1.00 bits per heavy atom. The molecule has 10 atom stereocenters. The predicted molar refractivity (Wildman–Crippen MR) is 176 cm³/mol. The minimum absolute atomic E-state index is 0.0488. The number of aliphatic hydroxyl groups is 2. The monoisotopic (exact) mass is 636 g/mol. The summed E-state index contributed by atoms with van der Waals surface area (Å²) in [6.07, 6.45) is 6.21. The van der Waals surface area contributed by atoms with Crippen molar-refractivity contribution in [3.05, 3.63) is 0 Å². The Morgan fingerprint density at radius 3 is 1.31 bits per heavy atom. The maximum atomic E-state index is 12.8. The van der Waals surface area contributed by atoms with Crippen LogP contribution in [-0.4, -0.2) is 91.9 Å². The van der Waals surface area contributed by atoms with Crippen LogP contribution in [0.3, 0.4) is 0 Å². The Hall–Kier alpha value is -1.62. The second kappa shape index (κ2) is 13.5. The standard InChI is InChI=1S/C35H64N4O6/c1-32(2)14-24(16-34(5,18-32)20-36)38(30(42)43)26-12-22(7-9-28(26)40)11-23-8-10-29(41)27(13-23)39(31(44)45)25-15-33(3,4)19-35(6,17-25)21-37/h22-29,40-41H,7-21,36-37H2,1-6H3,(H,42,43)(H,44,45). The number of nitrogens with zero attached hydrogens (tertiary/aromatic N) is 2. The quantitative estimate of drug-likeness (QED) is 0.203. The Morgan fingerprint density at radius 1 is 0.644 bits per heavy atom. The van der Waals surface area contributed by atoms with E-state index in [0.717, 1.165) is 44.9 Å². The molecule has 4 aliphatic carbocycles. The summed E-state index contributed by atoms with van der Waals surface area (Å²) in [6, 6.07) is -1.34. The highest BCUT2D eigenvalue weighted by molar-refractivity contribution is 5.66. The van der Waals surface area contributed by atoms with Gasteiger partial charge in [0.2, 0.25) is 0 Å². The van der Waals surface area contributed by atoms with Crippen molar-refractivity contribution in [1.29, 1.82) is 0 Å². The molecular weight excluding hydrogens is 572 g/mol. The van der Waals surface area contributed by atoms with Crippen molar-refractivity contribution >= 4 is 12.2 Å². The first-order chi connectivity index (χ1) is 20.8. The highest BCUT2D eigenvalue weighted by Crippen LogP contribution is 2.50. The fraction of sp³-hybridized carbons (Fsp3) is 0.943. The number of hydrogen-bond acceptors (Lipinski definition) is 6. The van der Waals surface area contributed by atoms with Crippen molar-refractivity contribution in [2.75, 3.05) is 13.1 Å². The van der Waals surface area contributed by atoms with Crippen molar-refractivity contribution in [1.82, 2.24) is 9.80 Å². The number of carbonyl (C=O) groups is 2. The SMILES string of the molecule is CC1(C)CC(N(C(=O)O)C2CC(CC3CCC(O)C(N(C(=O)O)C4CC(C)(C)CC(C)(CN)C4)C3)CCC2O)CC(C)(CN)C1. The van der Waals surface area contributed by atoms with E-state index >= 15 is 0 Å². The zero-order valence-corrected chi connectivity index (χ0v) is 28.9. The van der Waals surface area contributed by atoms with Crippen LogP contribution in [0.5, 0.6) is 0 Å². The van der Waals surface area contributed by atoms with Crippen molar-refractivity contribution in [3.8, 4) is 0 Å². The molecule has 10 nitrogen and oxygen atoms in total. The molecule has 0 radical (unpaired) electrons. The fourth-order valence-corrected chi connectivity index (χ4v) is 10.9. The van der Waals surface area contributed by atoms with Gasteiger partial charge in [0, 0.05) is 12.1 Å². The van der Waals surface area contributed by atoms with E-state index in [1.807, 2.05) is 0 Å². The largest absolute Gasteiger partial charge is 0.465 e. The van der Waals surface area contributed by atoms with Gasteiger partial charge >= 0.3 is 12.2 Å². The minimum atomic E-state index is -0.973. The van der Waals surface area contributed by atoms with E-state index < -0.39 is 36.5 Å². The van der Waals surface area contributed by atoms with Crippen LogP contribution in [0.1, 0.15) is 125 Å². The van der Waals surface area contributed by atoms with Gasteiger partial charge in [-0.3, -0.25) is 9.80 Å². The van der Waals surface area contributed by atoms with Crippen LogP contribution in [0, 0.1) is 33.5 Å². The molecule has 0 aromatic heterocycles. The van der Waals surface area contributed by atoms with Crippen LogP contribution in [0.2, 0.25) is 0 Å². The summed E-state index contributed by atoms with van der Waals surface area (Å²) in [5, 5.41) is 43.3. The molecule has 4 saturated carbocycles. The molecule has 0 aliphatic heterocycles. The number of carboxylic acid groups (broad SMARTS) is 2. The Bertz CT molecular complexity index is 975. The number of aliphatic hydroxyl groups excluding tert-OH is 2. The number of hydrogen-bond donors (Lipinski definition) is 6. The lowest BCUT2D eigenvalue weighted by Gasteiger charge is -2.52. The van der Waals surface area contributed by atoms with E-state index in [1.165, 1.54) is 0 Å². The van der Waals surface area contributed by atoms with Crippen molar-refractivity contribution in [2.45, 2.75) is 161 Å². The first-order valence-corrected chi connectivity index (χ1v) is 17.6. The molecule has 4 fully saturated rings. The van der Waals surface area contributed by atoms with Gasteiger partial charge < -0.3 is 31.9 Å². The van der Waals surface area contributed by atoms with Crippen LogP contribution >= 0.6 is 0 Å². The van der Waals surface area contributed by atoms with Gasteiger partial charge in [-0.15, -0.1) is 0 Å². The van der Waals surface area contributed by atoms with E-state index in [4.69, 9.17) is 11.5 Å². The Labute approximate surface area is 271 Å². The van der Waals surface area contributed by atoms with E-state index in [2.05, 4.69) is 41.5 Å². The Kier molecular flexibility index (Phi) is 10.8. The van der Waals surface area contributed by atoms with Crippen LogP contribution < -0.4 is 11.5 Å². The molecule has 0 spiro atoms. The molecule has 0 saturated heterocycles. The van der Waals surface area contributed by atoms with Crippen LogP contribution in [0.4, 0.5) is 9.59 Å². The van der Waals surface area contributed by atoms with Gasteiger partial charge in [-0.25, -0.2) is 9.59 Å². The summed E-state index contributed by atoms with van der Waals surface area (Å²) in [4.78, 5) is 28.8. The second-order valence-corrected chi connectivity index (χ2v) is 18.1. The van der Waals surface area contributed by atoms with Crippen LogP contribution in [0.25, 0.3) is 0 Å². The molecule has 2 amide bonds. The molecule has 4 rings (SSSR count). The van der Waals surface area contributed by atoms with E-state index in [-0.39, 0.29) is 45.6 Å². The molecule has 4 aliphatic rings. The average molecular weight is 637 g/mol. The number of amides is 2. The first kappa shape index (κ1) is 36.2. The highest BCUT2D eigenvalue weighted by Gasteiger charge is 2.49. The summed E-state index contributed by atoms with van der Waals surface area (Å²) >= 11 is 0. The zero-order chi connectivity index (χ0) is 33.5. The first-order valence-electron chi connectivity index (χ1n) is 17.6. The average Bonchev–Trinajstić information content (AvgIpc) is 2.90. The summed E-state index contributed by atoms with van der Waals surface area (Å²) < 4.78 is 0. The normalized spacial score (nSPS) is 41.6. The van der Waals surface area contributed by atoms with Gasteiger partial charge in [-0.05, 0) is 130 Å². The van der Waals surface area contributed by atoms with Crippen LogP contribution in [-0.2, 0) is 0 Å². The fourth-order valence-electron chi connectivity index (χ4n) is 10.9. The molecule has 8 N–H and O–H groups in total. The smallest absolute Gasteiger partial charge is 0.407 e. The molecule has 10 unspecified atom stereocenters. The molecule has 0 heterocycles.